The fraction of sp³-hybridized carbons (Fsp3) is 0.400. The normalized spacial score (nSPS) is 16.2. The van der Waals surface area contributed by atoms with Crippen LogP contribution in [-0.2, 0) is 0 Å². The molecule has 168 valence electrons. The summed E-state index contributed by atoms with van der Waals surface area (Å²) in [5, 5.41) is 7.37. The molecule has 1 saturated heterocycles. The predicted molar refractivity (Wildman–Crippen MR) is 130 cm³/mol. The van der Waals surface area contributed by atoms with E-state index in [-0.39, 0.29) is 12.1 Å². The van der Waals surface area contributed by atoms with Gasteiger partial charge in [-0.15, -0.1) is 0 Å². The number of benzene rings is 2. The second-order valence-electron chi connectivity index (χ2n) is 8.87. The molecule has 3 aromatic rings. The summed E-state index contributed by atoms with van der Waals surface area (Å²) >= 11 is 3.44. The Labute approximate surface area is 197 Å². The zero-order valence-corrected chi connectivity index (χ0v) is 20.5. The summed E-state index contributed by atoms with van der Waals surface area (Å²) in [6.07, 6.45) is 1.70. The number of para-hydroxylation sites is 1. The second-order valence-corrected chi connectivity index (χ2v) is 9.78. The molecule has 7 heteroatoms. The van der Waals surface area contributed by atoms with Gasteiger partial charge in [0.25, 0.3) is 0 Å². The minimum absolute atomic E-state index is 0.120. The molecule has 0 saturated carbocycles. The molecular formula is C25H29BrN4O2. The number of anilines is 1. The van der Waals surface area contributed by atoms with Crippen molar-refractivity contribution in [2.75, 3.05) is 11.9 Å². The number of hydrogen-bond donors (Lipinski definition) is 1. The molecule has 1 aliphatic heterocycles. The molecule has 0 spiro atoms. The van der Waals surface area contributed by atoms with Crippen LogP contribution in [0.1, 0.15) is 75.4 Å². The maximum absolute atomic E-state index is 13.4. The third kappa shape index (κ3) is 4.58. The Morgan fingerprint density at radius 1 is 1.09 bits per heavy atom. The monoisotopic (exact) mass is 496 g/mol. The highest BCUT2D eigenvalue weighted by Gasteiger charge is 2.35. The van der Waals surface area contributed by atoms with E-state index in [1.807, 2.05) is 29.2 Å². The van der Waals surface area contributed by atoms with Crippen molar-refractivity contribution < 1.29 is 9.32 Å². The van der Waals surface area contributed by atoms with Gasteiger partial charge in [0.05, 0.1) is 0 Å². The van der Waals surface area contributed by atoms with E-state index in [0.717, 1.165) is 39.7 Å². The van der Waals surface area contributed by atoms with Crippen LogP contribution in [0.5, 0.6) is 0 Å². The van der Waals surface area contributed by atoms with Gasteiger partial charge in [0, 0.05) is 22.3 Å². The predicted octanol–water partition coefficient (Wildman–Crippen LogP) is 7.11. The zero-order chi connectivity index (χ0) is 22.8. The van der Waals surface area contributed by atoms with E-state index in [4.69, 9.17) is 4.52 Å². The van der Waals surface area contributed by atoms with Gasteiger partial charge in [-0.2, -0.15) is 4.98 Å². The second kappa shape index (κ2) is 9.45. The van der Waals surface area contributed by atoms with Crippen molar-refractivity contribution in [3.8, 4) is 11.4 Å². The third-order valence-corrected chi connectivity index (χ3v) is 6.48. The highest BCUT2D eigenvalue weighted by Crippen LogP contribution is 2.36. The Kier molecular flexibility index (Phi) is 6.65. The van der Waals surface area contributed by atoms with Gasteiger partial charge in [-0.1, -0.05) is 67.0 Å². The Morgan fingerprint density at radius 3 is 2.38 bits per heavy atom. The fourth-order valence-corrected chi connectivity index (χ4v) is 4.49. The molecule has 2 amide bonds. The Balaban J connectivity index is 1.57. The highest BCUT2D eigenvalue weighted by atomic mass is 79.9. The molecular weight excluding hydrogens is 468 g/mol. The SMILES string of the molecule is CC(C)c1cccc(C(C)C)c1NC(=O)N1CCCC1c1nc(-c2ccc(Br)cc2)no1. The third-order valence-electron chi connectivity index (χ3n) is 5.95. The molecule has 1 fully saturated rings. The first-order valence-corrected chi connectivity index (χ1v) is 11.9. The van der Waals surface area contributed by atoms with Crippen LogP contribution in [0, 0.1) is 0 Å². The summed E-state index contributed by atoms with van der Waals surface area (Å²) in [4.78, 5) is 19.8. The maximum atomic E-state index is 13.4. The molecule has 1 aromatic heterocycles. The van der Waals surface area contributed by atoms with Crippen LogP contribution in [0.25, 0.3) is 11.4 Å². The molecule has 4 rings (SSSR count). The quantitative estimate of drug-likeness (QED) is 0.408. The van der Waals surface area contributed by atoms with Crippen LogP contribution in [-0.4, -0.2) is 27.6 Å². The van der Waals surface area contributed by atoms with Gasteiger partial charge in [0.2, 0.25) is 11.7 Å². The average molecular weight is 497 g/mol. The standard InChI is InChI=1S/C25H29BrN4O2/c1-15(2)19-7-5-8-20(16(3)4)22(19)27-25(31)30-14-6-9-21(30)24-28-23(29-32-24)17-10-12-18(26)13-11-17/h5,7-8,10-13,15-16,21H,6,9,14H2,1-4H3,(H,27,31). The van der Waals surface area contributed by atoms with Gasteiger partial charge in [0.1, 0.15) is 6.04 Å². The fourth-order valence-electron chi connectivity index (χ4n) is 4.23. The number of urea groups is 1. The maximum Gasteiger partial charge on any atom is 0.322 e. The van der Waals surface area contributed by atoms with Crippen LogP contribution >= 0.6 is 15.9 Å². The van der Waals surface area contributed by atoms with E-state index in [0.29, 0.717) is 30.1 Å². The molecule has 0 bridgehead atoms. The number of nitrogens with zero attached hydrogens (tertiary/aromatic N) is 3. The lowest BCUT2D eigenvalue weighted by molar-refractivity contribution is 0.193. The van der Waals surface area contributed by atoms with Crippen LogP contribution in [0.15, 0.2) is 51.5 Å². The first-order valence-electron chi connectivity index (χ1n) is 11.1. The first-order chi connectivity index (χ1) is 15.3. The molecule has 0 aliphatic carbocycles. The number of aromatic nitrogens is 2. The van der Waals surface area contributed by atoms with Crippen molar-refractivity contribution in [1.29, 1.82) is 0 Å². The largest absolute Gasteiger partial charge is 0.337 e. The van der Waals surface area contributed by atoms with E-state index in [1.54, 1.807) is 0 Å². The number of nitrogens with one attached hydrogen (secondary N) is 1. The van der Waals surface area contributed by atoms with E-state index in [2.05, 4.69) is 77.3 Å². The number of carbonyl (C=O) groups is 1. The summed E-state index contributed by atoms with van der Waals surface area (Å²) in [6.45, 7) is 9.25. The van der Waals surface area contributed by atoms with E-state index < -0.39 is 0 Å². The summed E-state index contributed by atoms with van der Waals surface area (Å²) in [5.74, 6) is 1.63. The smallest absolute Gasteiger partial charge is 0.322 e. The topological polar surface area (TPSA) is 71.3 Å². The first kappa shape index (κ1) is 22.5. The summed E-state index contributed by atoms with van der Waals surface area (Å²) in [5.41, 5.74) is 4.10. The molecule has 1 aliphatic rings. The highest BCUT2D eigenvalue weighted by molar-refractivity contribution is 9.10. The van der Waals surface area contributed by atoms with E-state index in [9.17, 15) is 4.79 Å². The Morgan fingerprint density at radius 2 is 1.75 bits per heavy atom. The molecule has 6 nitrogen and oxygen atoms in total. The van der Waals surface area contributed by atoms with Crippen LogP contribution < -0.4 is 5.32 Å². The van der Waals surface area contributed by atoms with Crippen LogP contribution in [0.4, 0.5) is 10.5 Å². The van der Waals surface area contributed by atoms with Crippen molar-refractivity contribution >= 4 is 27.6 Å². The van der Waals surface area contributed by atoms with E-state index in [1.165, 1.54) is 0 Å². The lowest BCUT2D eigenvalue weighted by atomic mass is 9.93. The Bertz CT molecular complexity index is 1070. The van der Waals surface area contributed by atoms with Gasteiger partial charge in [-0.3, -0.25) is 0 Å². The number of hydrogen-bond acceptors (Lipinski definition) is 4. The van der Waals surface area contributed by atoms with E-state index >= 15 is 0 Å². The minimum atomic E-state index is -0.222. The Hall–Kier alpha value is -2.67. The minimum Gasteiger partial charge on any atom is -0.337 e. The number of carbonyl (C=O) groups excluding carboxylic acids is 1. The number of halogens is 1. The molecule has 2 aromatic carbocycles. The summed E-state index contributed by atoms with van der Waals surface area (Å²) in [7, 11) is 0. The molecule has 32 heavy (non-hydrogen) atoms. The van der Waals surface area contributed by atoms with Crippen molar-refractivity contribution in [1.82, 2.24) is 15.0 Å². The zero-order valence-electron chi connectivity index (χ0n) is 18.9. The van der Waals surface area contributed by atoms with Gasteiger partial charge in [-0.25, -0.2) is 4.79 Å². The number of likely N-dealkylation sites (tertiary alicyclic amines) is 1. The van der Waals surface area contributed by atoms with Gasteiger partial charge >= 0.3 is 6.03 Å². The lowest BCUT2D eigenvalue weighted by Crippen LogP contribution is -2.35. The van der Waals surface area contributed by atoms with Gasteiger partial charge < -0.3 is 14.7 Å². The van der Waals surface area contributed by atoms with Crippen molar-refractivity contribution in [3.05, 3.63) is 64.0 Å². The summed E-state index contributed by atoms with van der Waals surface area (Å²) in [6, 6.07) is 13.7. The molecule has 2 heterocycles. The molecule has 1 N–H and O–H groups in total. The molecule has 1 atom stereocenters. The van der Waals surface area contributed by atoms with Crippen LogP contribution in [0.2, 0.25) is 0 Å². The lowest BCUT2D eigenvalue weighted by Gasteiger charge is -2.25. The van der Waals surface area contributed by atoms with Gasteiger partial charge in [0.15, 0.2) is 0 Å². The molecule has 0 radical (unpaired) electrons. The van der Waals surface area contributed by atoms with Crippen molar-refractivity contribution in [3.63, 3.8) is 0 Å². The molecule has 1 unspecified atom stereocenters. The van der Waals surface area contributed by atoms with Crippen molar-refractivity contribution in [2.45, 2.75) is 58.4 Å². The average Bonchev–Trinajstić information content (AvgIpc) is 3.43. The van der Waals surface area contributed by atoms with Crippen molar-refractivity contribution in [2.24, 2.45) is 0 Å². The number of amides is 2. The summed E-state index contributed by atoms with van der Waals surface area (Å²) < 4.78 is 6.58. The number of rotatable bonds is 5. The van der Waals surface area contributed by atoms with Gasteiger partial charge in [-0.05, 0) is 60.1 Å². The van der Waals surface area contributed by atoms with Crippen LogP contribution in [0.3, 0.4) is 0 Å².